The van der Waals surface area contributed by atoms with Crippen molar-refractivity contribution in [1.82, 2.24) is 0 Å². The van der Waals surface area contributed by atoms with Crippen LogP contribution in [-0.2, 0) is 14.6 Å². The highest BCUT2D eigenvalue weighted by Gasteiger charge is 2.11. The van der Waals surface area contributed by atoms with Gasteiger partial charge in [-0.3, -0.25) is 4.55 Å². The summed E-state index contributed by atoms with van der Waals surface area (Å²) in [7, 11) is -4.37. The van der Waals surface area contributed by atoms with Crippen molar-refractivity contribution in [2.24, 2.45) is 5.92 Å². The van der Waals surface area contributed by atoms with E-state index in [0.29, 0.717) is 0 Å². The molecular formula is C33H66O4S. The lowest BCUT2D eigenvalue weighted by Crippen LogP contribution is -2.12. The van der Waals surface area contributed by atoms with E-state index >= 15 is 0 Å². The van der Waals surface area contributed by atoms with E-state index in [4.69, 9.17) is 8.74 Å². The monoisotopic (exact) mass is 558 g/mol. The predicted molar refractivity (Wildman–Crippen MR) is 166 cm³/mol. The first-order valence-corrected chi connectivity index (χ1v) is 18.1. The molecule has 0 spiro atoms. The van der Waals surface area contributed by atoms with Crippen LogP contribution in [0.25, 0.3) is 0 Å². The number of allylic oxidation sites excluding steroid dienone is 1. The minimum atomic E-state index is -4.37. The van der Waals surface area contributed by atoms with Gasteiger partial charge in [0, 0.05) is 5.92 Å². The van der Waals surface area contributed by atoms with Gasteiger partial charge in [0.25, 0.3) is 0 Å². The topological polar surface area (TPSA) is 63.6 Å². The van der Waals surface area contributed by atoms with Crippen LogP contribution in [-0.4, -0.2) is 19.6 Å². The Morgan fingerprint density at radius 3 is 1.26 bits per heavy atom. The third-order valence-corrected chi connectivity index (χ3v) is 8.18. The van der Waals surface area contributed by atoms with Crippen LogP contribution >= 0.6 is 0 Å². The van der Waals surface area contributed by atoms with Gasteiger partial charge in [0.2, 0.25) is 0 Å². The number of unbranched alkanes of at least 4 members (excludes halogenated alkanes) is 24. The molecule has 1 unspecified atom stereocenters. The van der Waals surface area contributed by atoms with Gasteiger partial charge in [-0.2, -0.15) is 8.42 Å². The molecule has 0 radical (unpaired) electrons. The predicted octanol–water partition coefficient (Wildman–Crippen LogP) is 11.6. The van der Waals surface area contributed by atoms with Crippen molar-refractivity contribution < 1.29 is 17.2 Å². The van der Waals surface area contributed by atoms with Crippen LogP contribution in [0, 0.1) is 5.92 Å². The normalized spacial score (nSPS) is 13.0. The molecule has 0 aliphatic heterocycles. The Bertz CT molecular complexity index is 588. The molecule has 0 aliphatic rings. The van der Waals surface area contributed by atoms with Crippen molar-refractivity contribution in [2.75, 3.05) is 6.61 Å². The van der Waals surface area contributed by atoms with E-state index in [1.807, 2.05) is 0 Å². The quantitative estimate of drug-likeness (QED) is 0.0522. The number of hydrogen-bond acceptors (Lipinski definition) is 3. The molecule has 5 heteroatoms. The van der Waals surface area contributed by atoms with Crippen molar-refractivity contribution in [3.63, 3.8) is 0 Å². The summed E-state index contributed by atoms with van der Waals surface area (Å²) in [6, 6.07) is 0. The molecule has 0 saturated heterocycles. The first-order chi connectivity index (χ1) is 18.5. The summed E-state index contributed by atoms with van der Waals surface area (Å²) in [6.45, 7) is 4.59. The molecule has 1 N–H and O–H groups in total. The van der Waals surface area contributed by atoms with E-state index in [0.717, 1.165) is 19.3 Å². The van der Waals surface area contributed by atoms with Crippen LogP contribution in [0.1, 0.15) is 187 Å². The third kappa shape index (κ3) is 31.8. The van der Waals surface area contributed by atoms with Crippen molar-refractivity contribution >= 4 is 10.4 Å². The van der Waals surface area contributed by atoms with Gasteiger partial charge in [0.05, 0.1) is 6.61 Å². The van der Waals surface area contributed by atoms with Gasteiger partial charge in [-0.05, 0) is 19.3 Å². The standard InChI is InChI=1S/C33H66O4S/c1-3-5-7-9-11-13-15-17-18-19-21-23-25-27-29-31-33(32-37-38(34,35)36)30-28-26-24-22-20-16-14-12-10-8-6-4-2/h29,31,33H,3-28,30,32H2,1-2H3,(H,34,35,36)/b31-29+. The minimum absolute atomic E-state index is 0.0476. The molecule has 0 saturated carbocycles. The second-order valence-electron chi connectivity index (χ2n) is 11.6. The lowest BCUT2D eigenvalue weighted by atomic mass is 9.99. The fourth-order valence-electron chi connectivity index (χ4n) is 5.22. The maximum Gasteiger partial charge on any atom is 0.397 e. The third-order valence-electron chi connectivity index (χ3n) is 7.74. The van der Waals surface area contributed by atoms with E-state index in [1.165, 1.54) is 154 Å². The summed E-state index contributed by atoms with van der Waals surface area (Å²) in [5.74, 6) is 0.0574. The molecule has 0 aromatic rings. The fraction of sp³-hybridized carbons (Fsp3) is 0.939. The van der Waals surface area contributed by atoms with Crippen LogP contribution in [0.3, 0.4) is 0 Å². The van der Waals surface area contributed by atoms with E-state index in [1.54, 1.807) is 0 Å². The summed E-state index contributed by atoms with van der Waals surface area (Å²) in [5.41, 5.74) is 0. The Morgan fingerprint density at radius 1 is 0.553 bits per heavy atom. The second kappa shape index (κ2) is 29.6. The van der Waals surface area contributed by atoms with E-state index in [9.17, 15) is 8.42 Å². The van der Waals surface area contributed by atoms with Crippen LogP contribution in [0.5, 0.6) is 0 Å². The van der Waals surface area contributed by atoms with Crippen LogP contribution in [0.15, 0.2) is 12.2 Å². The summed E-state index contributed by atoms with van der Waals surface area (Å²) in [6.07, 6.45) is 39.7. The largest absolute Gasteiger partial charge is 0.397 e. The smallest absolute Gasteiger partial charge is 0.264 e. The minimum Gasteiger partial charge on any atom is -0.264 e. The van der Waals surface area contributed by atoms with Crippen molar-refractivity contribution in [3.8, 4) is 0 Å². The molecular weight excluding hydrogens is 492 g/mol. The zero-order valence-corrected chi connectivity index (χ0v) is 26.4. The molecule has 0 aromatic carbocycles. The van der Waals surface area contributed by atoms with Crippen molar-refractivity contribution in [1.29, 1.82) is 0 Å². The Labute approximate surface area is 239 Å². The molecule has 0 rings (SSSR count). The molecule has 0 heterocycles. The Hall–Kier alpha value is -0.390. The molecule has 38 heavy (non-hydrogen) atoms. The molecule has 1 atom stereocenters. The highest BCUT2D eigenvalue weighted by Crippen LogP contribution is 2.18. The van der Waals surface area contributed by atoms with E-state index in [-0.39, 0.29) is 12.5 Å². The molecule has 0 bridgehead atoms. The lowest BCUT2D eigenvalue weighted by Gasteiger charge is -2.12. The zero-order chi connectivity index (χ0) is 28.0. The first-order valence-electron chi connectivity index (χ1n) is 16.8. The molecule has 0 amide bonds. The second-order valence-corrected chi connectivity index (χ2v) is 12.7. The zero-order valence-electron chi connectivity index (χ0n) is 25.6. The first kappa shape index (κ1) is 37.6. The summed E-state index contributed by atoms with van der Waals surface area (Å²) < 4.78 is 35.7. The van der Waals surface area contributed by atoms with Gasteiger partial charge in [0.15, 0.2) is 0 Å². The van der Waals surface area contributed by atoms with Gasteiger partial charge in [0.1, 0.15) is 0 Å². The summed E-state index contributed by atoms with van der Waals surface area (Å²) >= 11 is 0. The molecule has 0 fully saturated rings. The number of rotatable bonds is 31. The Morgan fingerprint density at radius 2 is 0.895 bits per heavy atom. The van der Waals surface area contributed by atoms with E-state index < -0.39 is 10.4 Å². The van der Waals surface area contributed by atoms with Crippen molar-refractivity contribution in [3.05, 3.63) is 12.2 Å². The van der Waals surface area contributed by atoms with Gasteiger partial charge >= 0.3 is 10.4 Å². The molecule has 0 aliphatic carbocycles. The van der Waals surface area contributed by atoms with Gasteiger partial charge in [-0.25, -0.2) is 4.18 Å². The van der Waals surface area contributed by atoms with Gasteiger partial charge < -0.3 is 0 Å². The molecule has 0 aromatic heterocycles. The molecule has 228 valence electrons. The van der Waals surface area contributed by atoms with E-state index in [2.05, 4.69) is 26.0 Å². The summed E-state index contributed by atoms with van der Waals surface area (Å²) in [4.78, 5) is 0. The Kier molecular flexibility index (Phi) is 29.3. The van der Waals surface area contributed by atoms with Gasteiger partial charge in [-0.15, -0.1) is 0 Å². The highest BCUT2D eigenvalue weighted by molar-refractivity contribution is 7.80. The van der Waals surface area contributed by atoms with Gasteiger partial charge in [-0.1, -0.05) is 180 Å². The highest BCUT2D eigenvalue weighted by atomic mass is 32.3. The van der Waals surface area contributed by atoms with Crippen LogP contribution in [0.2, 0.25) is 0 Å². The maximum absolute atomic E-state index is 11.0. The average molecular weight is 559 g/mol. The summed E-state index contributed by atoms with van der Waals surface area (Å²) in [5, 5.41) is 0. The van der Waals surface area contributed by atoms with Crippen LogP contribution < -0.4 is 0 Å². The maximum atomic E-state index is 11.0. The fourth-order valence-corrected chi connectivity index (χ4v) is 5.57. The number of hydrogen-bond donors (Lipinski definition) is 1. The molecule has 4 nitrogen and oxygen atoms in total. The average Bonchev–Trinajstić information content (AvgIpc) is 2.89. The van der Waals surface area contributed by atoms with Crippen molar-refractivity contribution in [2.45, 2.75) is 187 Å². The Balaban J connectivity index is 3.79. The van der Waals surface area contributed by atoms with Crippen LogP contribution in [0.4, 0.5) is 0 Å². The lowest BCUT2D eigenvalue weighted by molar-refractivity contribution is 0.234. The SMILES string of the molecule is CCCCCCCCCCCCCCC/C=C/C(CCCCCCCCCCCCCC)COS(=O)(=O)O.